The zero-order valence-corrected chi connectivity index (χ0v) is 14.0. The number of hydrogen-bond acceptors (Lipinski definition) is 7. The Labute approximate surface area is 149 Å². The lowest BCUT2D eigenvalue weighted by Crippen LogP contribution is -2.49. The van der Waals surface area contributed by atoms with Gasteiger partial charge in [0, 0.05) is 5.56 Å². The third kappa shape index (κ3) is 1.83. The van der Waals surface area contributed by atoms with Gasteiger partial charge in [0.2, 0.25) is 0 Å². The molecule has 9 heteroatoms. The molecule has 6 rings (SSSR count). The number of anilines is 1. The highest BCUT2D eigenvalue weighted by atomic mass is 15.9. The summed E-state index contributed by atoms with van der Waals surface area (Å²) in [5.74, 6) is 0.947. The number of nitrogens with one attached hydrogen (secondary N) is 1. The highest BCUT2D eigenvalue weighted by Crippen LogP contribution is 2.40. The van der Waals surface area contributed by atoms with E-state index in [1.54, 1.807) is 11.1 Å². The summed E-state index contributed by atoms with van der Waals surface area (Å²) in [4.78, 5) is 10.8. The number of aromatic nitrogens is 5. The van der Waals surface area contributed by atoms with Crippen LogP contribution in [0.2, 0.25) is 0 Å². The first-order chi connectivity index (χ1) is 12.9. The minimum absolute atomic E-state index is 0.132. The molecule has 2 unspecified atom stereocenters. The molecule has 3 aliphatic heterocycles. The van der Waals surface area contributed by atoms with Crippen LogP contribution in [0.5, 0.6) is 0 Å². The summed E-state index contributed by atoms with van der Waals surface area (Å²) in [5.41, 5.74) is 3.20. The second-order valence-electron chi connectivity index (χ2n) is 6.70. The molecule has 5 heterocycles. The molecule has 0 spiro atoms. The van der Waals surface area contributed by atoms with Gasteiger partial charge in [0.25, 0.3) is 0 Å². The number of hydrogen-bond donors (Lipinski definition) is 1. The molecule has 130 valence electrons. The highest BCUT2D eigenvalue weighted by Gasteiger charge is 2.39. The Bertz CT molecular complexity index is 997. The monoisotopic (exact) mass is 347 g/mol. The van der Waals surface area contributed by atoms with Crippen LogP contribution in [0.3, 0.4) is 0 Å². The van der Waals surface area contributed by atoms with Crippen molar-refractivity contribution in [2.45, 2.75) is 25.0 Å². The molecule has 3 aromatic rings. The van der Waals surface area contributed by atoms with Gasteiger partial charge >= 0.3 is 0 Å². The summed E-state index contributed by atoms with van der Waals surface area (Å²) in [6.07, 6.45) is 9.58. The number of nitrogens with zero attached hydrogens (tertiary/aromatic N) is 8. The van der Waals surface area contributed by atoms with Gasteiger partial charge in [-0.25, -0.2) is 15.0 Å². The summed E-state index contributed by atoms with van der Waals surface area (Å²) >= 11 is 0. The van der Waals surface area contributed by atoms with Gasteiger partial charge in [-0.15, -0.1) is 9.89 Å². The first kappa shape index (κ1) is 14.0. The third-order valence-electron chi connectivity index (χ3n) is 5.22. The fourth-order valence-electron chi connectivity index (χ4n) is 3.98. The molecule has 1 N–H and O–H groups in total. The van der Waals surface area contributed by atoms with Crippen molar-refractivity contribution >= 4 is 12.2 Å². The summed E-state index contributed by atoms with van der Waals surface area (Å²) in [6.45, 7) is 1.03. The van der Waals surface area contributed by atoms with Crippen LogP contribution < -0.4 is 15.4 Å². The Kier molecular flexibility index (Phi) is 2.78. The Hall–Kier alpha value is -3.20. The van der Waals surface area contributed by atoms with E-state index in [4.69, 9.17) is 4.99 Å². The topological polar surface area (TPSA) is 79.4 Å². The van der Waals surface area contributed by atoms with E-state index in [0.29, 0.717) is 0 Å². The maximum absolute atomic E-state index is 4.72. The van der Waals surface area contributed by atoms with Crippen molar-refractivity contribution in [3.63, 3.8) is 0 Å². The van der Waals surface area contributed by atoms with Crippen LogP contribution in [0.1, 0.15) is 36.3 Å². The number of aliphatic imine (C=N–C) groups is 1. The quantitative estimate of drug-likeness (QED) is 0.753. The molecular weight excluding hydrogens is 330 g/mol. The zero-order valence-electron chi connectivity index (χ0n) is 14.0. The molecule has 2 atom stereocenters. The standard InChI is InChI=1S/C17H17N9/c1-2-6-15-12(4-1)17-20-11-25(26(17)16-8-18-10-23(15)16)24-9-14(21-22-24)13-5-3-7-19-13/h1-2,4,6,8-11,13,17,19H,3,5,7H2. The lowest BCUT2D eigenvalue weighted by molar-refractivity contribution is 0.540. The fourth-order valence-corrected chi connectivity index (χ4v) is 3.98. The van der Waals surface area contributed by atoms with Crippen LogP contribution in [0.15, 0.2) is 48.0 Å². The molecule has 2 aromatic heterocycles. The SMILES string of the molecule is C1=NC2c3ccccc3-n3cncc3N2N1n1cc(C2CCCN2)nn1. The van der Waals surface area contributed by atoms with Crippen molar-refractivity contribution < 1.29 is 0 Å². The third-order valence-corrected chi connectivity index (χ3v) is 5.22. The normalized spacial score (nSPS) is 23.2. The van der Waals surface area contributed by atoms with E-state index in [-0.39, 0.29) is 12.2 Å². The maximum Gasteiger partial charge on any atom is 0.173 e. The number of fused-ring (bicyclic) bond motifs is 6. The Morgan fingerprint density at radius 2 is 2.15 bits per heavy atom. The lowest BCUT2D eigenvalue weighted by Gasteiger charge is -2.36. The Morgan fingerprint density at radius 1 is 1.19 bits per heavy atom. The van der Waals surface area contributed by atoms with E-state index in [2.05, 4.69) is 42.3 Å². The summed E-state index contributed by atoms with van der Waals surface area (Å²) in [7, 11) is 0. The minimum atomic E-state index is -0.132. The lowest BCUT2D eigenvalue weighted by atomic mass is 10.1. The number of imidazole rings is 1. The Balaban J connectivity index is 1.42. The van der Waals surface area contributed by atoms with E-state index in [1.807, 2.05) is 36.0 Å². The first-order valence-corrected chi connectivity index (χ1v) is 8.79. The molecule has 1 saturated heterocycles. The molecule has 1 fully saturated rings. The highest BCUT2D eigenvalue weighted by molar-refractivity contribution is 5.78. The van der Waals surface area contributed by atoms with Crippen LogP contribution in [-0.2, 0) is 0 Å². The summed E-state index contributed by atoms with van der Waals surface area (Å²) < 4.78 is 2.07. The summed E-state index contributed by atoms with van der Waals surface area (Å²) in [5, 5.41) is 16.1. The zero-order chi connectivity index (χ0) is 17.1. The second-order valence-corrected chi connectivity index (χ2v) is 6.70. The van der Waals surface area contributed by atoms with Crippen molar-refractivity contribution in [3.8, 4) is 5.69 Å². The predicted octanol–water partition coefficient (Wildman–Crippen LogP) is 1.30. The number of rotatable bonds is 2. The van der Waals surface area contributed by atoms with Crippen molar-refractivity contribution in [1.29, 1.82) is 0 Å². The van der Waals surface area contributed by atoms with Crippen LogP contribution in [0.4, 0.5) is 5.82 Å². The molecule has 3 aliphatic rings. The van der Waals surface area contributed by atoms with Crippen LogP contribution >= 0.6 is 0 Å². The first-order valence-electron chi connectivity index (χ1n) is 8.79. The Morgan fingerprint density at radius 3 is 3.08 bits per heavy atom. The maximum atomic E-state index is 4.72. The molecule has 9 nitrogen and oxygen atoms in total. The smallest absolute Gasteiger partial charge is 0.173 e. The second kappa shape index (κ2) is 5.15. The van der Waals surface area contributed by atoms with Crippen LogP contribution in [-0.4, -0.2) is 37.5 Å². The van der Waals surface area contributed by atoms with Crippen molar-refractivity contribution in [2.24, 2.45) is 4.99 Å². The van der Waals surface area contributed by atoms with Crippen molar-refractivity contribution in [2.75, 3.05) is 16.7 Å². The van der Waals surface area contributed by atoms with Crippen molar-refractivity contribution in [3.05, 3.63) is 54.2 Å². The number of benzene rings is 1. The number of para-hydroxylation sites is 1. The van der Waals surface area contributed by atoms with E-state index in [1.165, 1.54) is 6.42 Å². The molecule has 0 aliphatic carbocycles. The van der Waals surface area contributed by atoms with E-state index in [0.717, 1.165) is 35.7 Å². The number of hydrazine groups is 1. The van der Waals surface area contributed by atoms with E-state index < -0.39 is 0 Å². The largest absolute Gasteiger partial charge is 0.309 e. The van der Waals surface area contributed by atoms with Gasteiger partial charge < -0.3 is 5.32 Å². The molecule has 0 radical (unpaired) electrons. The fraction of sp³-hybridized carbons (Fsp3) is 0.294. The van der Waals surface area contributed by atoms with Gasteiger partial charge in [-0.2, -0.15) is 5.12 Å². The average Bonchev–Trinajstić information content (AvgIpc) is 3.47. The molecule has 0 amide bonds. The molecule has 1 aromatic carbocycles. The van der Waals surface area contributed by atoms with Crippen LogP contribution in [0.25, 0.3) is 5.69 Å². The van der Waals surface area contributed by atoms with Gasteiger partial charge in [-0.3, -0.25) is 4.57 Å². The summed E-state index contributed by atoms with van der Waals surface area (Å²) in [6, 6.07) is 8.55. The van der Waals surface area contributed by atoms with Crippen LogP contribution in [0, 0.1) is 0 Å². The predicted molar refractivity (Wildman–Crippen MR) is 95.5 cm³/mol. The van der Waals surface area contributed by atoms with Gasteiger partial charge in [0.1, 0.15) is 18.4 Å². The minimum Gasteiger partial charge on any atom is -0.309 e. The average molecular weight is 347 g/mol. The van der Waals surface area contributed by atoms with E-state index >= 15 is 0 Å². The van der Waals surface area contributed by atoms with Gasteiger partial charge in [0.05, 0.1) is 24.1 Å². The molecule has 26 heavy (non-hydrogen) atoms. The van der Waals surface area contributed by atoms with E-state index in [9.17, 15) is 0 Å². The van der Waals surface area contributed by atoms with Gasteiger partial charge in [-0.05, 0) is 30.7 Å². The molecule has 0 bridgehead atoms. The molecular formula is C17H17N9. The van der Waals surface area contributed by atoms with Crippen molar-refractivity contribution in [1.82, 2.24) is 30.0 Å². The molecule has 0 saturated carbocycles. The van der Waals surface area contributed by atoms with Gasteiger partial charge in [-0.1, -0.05) is 18.2 Å². The van der Waals surface area contributed by atoms with Gasteiger partial charge in [0.15, 0.2) is 12.0 Å².